The summed E-state index contributed by atoms with van der Waals surface area (Å²) in [7, 11) is 0. The molecule has 142 valence electrons. The maximum atomic E-state index is 6.16. The minimum absolute atomic E-state index is 0.521. The van der Waals surface area contributed by atoms with Crippen molar-refractivity contribution in [2.75, 3.05) is 16.8 Å². The van der Waals surface area contributed by atoms with Gasteiger partial charge in [0.1, 0.15) is 17.5 Å². The third-order valence-corrected chi connectivity index (χ3v) is 5.73. The average Bonchev–Trinajstić information content (AvgIpc) is 3.58. The van der Waals surface area contributed by atoms with Crippen LogP contribution in [0.15, 0.2) is 54.6 Å². The Hall–Kier alpha value is -2.59. The Kier molecular flexibility index (Phi) is 4.65. The molecule has 5 heteroatoms. The van der Waals surface area contributed by atoms with Crippen LogP contribution in [-0.2, 0) is 19.5 Å². The first-order chi connectivity index (χ1) is 13.7. The van der Waals surface area contributed by atoms with Crippen LogP contribution in [0.25, 0.3) is 0 Å². The summed E-state index contributed by atoms with van der Waals surface area (Å²) < 4.78 is 0. The summed E-state index contributed by atoms with van der Waals surface area (Å²) in [5.74, 6) is 3.44. The third-order valence-electron chi connectivity index (χ3n) is 5.49. The molecule has 2 aliphatic rings. The Balaban J connectivity index is 1.39. The predicted molar refractivity (Wildman–Crippen MR) is 114 cm³/mol. The summed E-state index contributed by atoms with van der Waals surface area (Å²) in [4.78, 5) is 12.1. The summed E-state index contributed by atoms with van der Waals surface area (Å²) in [6.07, 6.45) is 3.39. The lowest BCUT2D eigenvalue weighted by atomic mass is 10.00. The number of benzene rings is 2. The smallest absolute Gasteiger partial charge is 0.136 e. The van der Waals surface area contributed by atoms with Crippen LogP contribution in [0.4, 0.5) is 11.6 Å². The summed E-state index contributed by atoms with van der Waals surface area (Å²) in [6, 6.07) is 18.7. The van der Waals surface area contributed by atoms with Gasteiger partial charge in [0.2, 0.25) is 0 Å². The monoisotopic (exact) mass is 390 g/mol. The van der Waals surface area contributed by atoms with E-state index in [1.807, 2.05) is 12.1 Å². The van der Waals surface area contributed by atoms with E-state index in [4.69, 9.17) is 21.6 Å². The highest BCUT2D eigenvalue weighted by Gasteiger charge is 2.28. The van der Waals surface area contributed by atoms with Gasteiger partial charge in [-0.1, -0.05) is 48.0 Å². The van der Waals surface area contributed by atoms with Gasteiger partial charge in [-0.25, -0.2) is 9.97 Å². The van der Waals surface area contributed by atoms with Crippen LogP contribution >= 0.6 is 11.6 Å². The second-order valence-corrected chi connectivity index (χ2v) is 8.10. The topological polar surface area (TPSA) is 41.0 Å². The molecule has 3 aromatic rings. The minimum Gasteiger partial charge on any atom is -0.366 e. The maximum absolute atomic E-state index is 6.16. The zero-order valence-electron chi connectivity index (χ0n) is 15.7. The maximum Gasteiger partial charge on any atom is 0.136 e. The van der Waals surface area contributed by atoms with Gasteiger partial charge in [0, 0.05) is 36.6 Å². The molecule has 1 saturated carbocycles. The Morgan fingerprint density at radius 1 is 1.00 bits per heavy atom. The van der Waals surface area contributed by atoms with Gasteiger partial charge in [0.25, 0.3) is 0 Å². The molecule has 0 amide bonds. The highest BCUT2D eigenvalue weighted by molar-refractivity contribution is 6.30. The van der Waals surface area contributed by atoms with E-state index in [1.54, 1.807) is 0 Å². The molecule has 5 rings (SSSR count). The summed E-state index contributed by atoms with van der Waals surface area (Å²) in [6.45, 7) is 2.58. The zero-order valence-corrected chi connectivity index (χ0v) is 16.5. The molecule has 4 nitrogen and oxygen atoms in total. The van der Waals surface area contributed by atoms with E-state index in [-0.39, 0.29) is 0 Å². The quantitative estimate of drug-likeness (QED) is 0.651. The highest BCUT2D eigenvalue weighted by Crippen LogP contribution is 2.39. The molecule has 1 aliphatic carbocycles. The molecule has 1 aliphatic heterocycles. The fraction of sp³-hybridized carbons (Fsp3) is 0.304. The zero-order chi connectivity index (χ0) is 18.9. The molecule has 28 heavy (non-hydrogen) atoms. The second kappa shape index (κ2) is 7.44. The first-order valence-corrected chi connectivity index (χ1v) is 10.3. The van der Waals surface area contributed by atoms with E-state index < -0.39 is 0 Å². The molecular formula is C23H23ClN4. The van der Waals surface area contributed by atoms with Gasteiger partial charge in [-0.2, -0.15) is 0 Å². The minimum atomic E-state index is 0.521. The van der Waals surface area contributed by atoms with Crippen molar-refractivity contribution in [1.82, 2.24) is 9.97 Å². The van der Waals surface area contributed by atoms with Crippen molar-refractivity contribution in [1.29, 1.82) is 0 Å². The Morgan fingerprint density at radius 2 is 1.86 bits per heavy atom. The molecule has 2 heterocycles. The number of aromatic nitrogens is 2. The number of fused-ring (bicyclic) bond motifs is 1. The fourth-order valence-electron chi connectivity index (χ4n) is 3.73. The fourth-order valence-corrected chi connectivity index (χ4v) is 3.93. The van der Waals surface area contributed by atoms with Crippen LogP contribution < -0.4 is 10.2 Å². The van der Waals surface area contributed by atoms with Crippen molar-refractivity contribution in [3.8, 4) is 0 Å². The summed E-state index contributed by atoms with van der Waals surface area (Å²) in [5, 5.41) is 4.31. The van der Waals surface area contributed by atoms with Crippen molar-refractivity contribution in [2.45, 2.75) is 38.3 Å². The molecule has 1 fully saturated rings. The van der Waals surface area contributed by atoms with Gasteiger partial charge < -0.3 is 10.2 Å². The molecule has 0 bridgehead atoms. The Morgan fingerprint density at radius 3 is 2.68 bits per heavy atom. The number of nitrogens with zero attached hydrogens (tertiary/aromatic N) is 3. The van der Waals surface area contributed by atoms with E-state index in [1.165, 1.54) is 29.5 Å². The SMILES string of the molecule is Clc1ccc2c(c1)CCN(c1cc(NCc3ccccc3)nc(C3CC3)n1)C2. The van der Waals surface area contributed by atoms with E-state index in [0.29, 0.717) is 5.92 Å². The van der Waals surface area contributed by atoms with E-state index >= 15 is 0 Å². The Labute approximate surface area is 170 Å². The van der Waals surface area contributed by atoms with Gasteiger partial charge in [0.15, 0.2) is 0 Å². The van der Waals surface area contributed by atoms with E-state index in [9.17, 15) is 0 Å². The Bertz CT molecular complexity index is 985. The summed E-state index contributed by atoms with van der Waals surface area (Å²) >= 11 is 6.16. The van der Waals surface area contributed by atoms with Crippen LogP contribution in [0.2, 0.25) is 5.02 Å². The first-order valence-electron chi connectivity index (χ1n) is 9.93. The normalized spacial score (nSPS) is 16.0. The van der Waals surface area contributed by atoms with Crippen LogP contribution in [0.5, 0.6) is 0 Å². The predicted octanol–water partition coefficient (Wildman–Crippen LogP) is 5.18. The third kappa shape index (κ3) is 3.83. The number of rotatable bonds is 5. The molecule has 1 N–H and O–H groups in total. The lowest BCUT2D eigenvalue weighted by Crippen LogP contribution is -2.31. The molecule has 0 spiro atoms. The molecule has 1 aromatic heterocycles. The van der Waals surface area contributed by atoms with Crippen molar-refractivity contribution < 1.29 is 0 Å². The first kappa shape index (κ1) is 17.5. The lowest BCUT2D eigenvalue weighted by Gasteiger charge is -2.30. The molecule has 0 unspecified atom stereocenters. The van der Waals surface area contributed by atoms with Crippen molar-refractivity contribution >= 4 is 23.2 Å². The van der Waals surface area contributed by atoms with Crippen LogP contribution in [0.3, 0.4) is 0 Å². The van der Waals surface area contributed by atoms with Gasteiger partial charge in [-0.15, -0.1) is 0 Å². The highest BCUT2D eigenvalue weighted by atomic mass is 35.5. The van der Waals surface area contributed by atoms with Crippen molar-refractivity contribution in [3.63, 3.8) is 0 Å². The summed E-state index contributed by atoms with van der Waals surface area (Å²) in [5.41, 5.74) is 3.93. The molecule has 2 aromatic carbocycles. The van der Waals surface area contributed by atoms with Crippen LogP contribution in [0, 0.1) is 0 Å². The van der Waals surface area contributed by atoms with Crippen LogP contribution in [-0.4, -0.2) is 16.5 Å². The largest absolute Gasteiger partial charge is 0.366 e. The molecular weight excluding hydrogens is 368 g/mol. The molecule has 0 atom stereocenters. The second-order valence-electron chi connectivity index (χ2n) is 7.67. The van der Waals surface area contributed by atoms with Gasteiger partial charge in [0.05, 0.1) is 0 Å². The standard InChI is InChI=1S/C23H23ClN4/c24-20-9-8-19-15-28(11-10-18(19)12-20)22-13-21(26-23(27-22)17-6-7-17)25-14-16-4-2-1-3-5-16/h1-5,8-9,12-13,17H,6-7,10-11,14-15H2,(H,25,26,27). The van der Waals surface area contributed by atoms with Gasteiger partial charge >= 0.3 is 0 Å². The van der Waals surface area contributed by atoms with E-state index in [0.717, 1.165) is 48.5 Å². The van der Waals surface area contributed by atoms with Crippen molar-refractivity contribution in [3.05, 3.63) is 82.1 Å². The van der Waals surface area contributed by atoms with E-state index in [2.05, 4.69) is 52.7 Å². The van der Waals surface area contributed by atoms with Crippen LogP contribution in [0.1, 0.15) is 41.3 Å². The number of nitrogens with one attached hydrogen (secondary N) is 1. The van der Waals surface area contributed by atoms with Gasteiger partial charge in [-0.05, 0) is 48.1 Å². The lowest BCUT2D eigenvalue weighted by molar-refractivity contribution is 0.714. The molecule has 0 saturated heterocycles. The average molecular weight is 391 g/mol. The number of hydrogen-bond donors (Lipinski definition) is 1. The van der Waals surface area contributed by atoms with Crippen molar-refractivity contribution in [2.24, 2.45) is 0 Å². The number of halogens is 1. The number of anilines is 2. The number of hydrogen-bond acceptors (Lipinski definition) is 4. The van der Waals surface area contributed by atoms with Gasteiger partial charge in [-0.3, -0.25) is 0 Å². The molecule has 0 radical (unpaired) electrons.